The van der Waals surface area contributed by atoms with Crippen LogP contribution >= 0.6 is 0 Å². The van der Waals surface area contributed by atoms with Crippen LogP contribution in [-0.2, 0) is 16.4 Å². The van der Waals surface area contributed by atoms with Gasteiger partial charge >= 0.3 is 6.08 Å². The SMILES string of the molecule is Bc1nc(F)nc(C2=CC=C3NC(C)(c4cc5c(cc43)C(C)(C)CC5(C)C)C2C)n1. The molecule has 1 aromatic carbocycles. The van der Waals surface area contributed by atoms with Gasteiger partial charge in [0.05, 0.1) is 11.3 Å². The maximum atomic E-state index is 13.9. The van der Waals surface area contributed by atoms with Gasteiger partial charge in [0.15, 0.2) is 13.7 Å². The smallest absolute Gasteiger partial charge is 0.311 e. The van der Waals surface area contributed by atoms with Crippen LogP contribution in [0.25, 0.3) is 11.3 Å². The second-order valence-corrected chi connectivity index (χ2v) is 10.6. The quantitative estimate of drug-likeness (QED) is 0.745. The molecular formula is C24H28BFN4. The second kappa shape index (κ2) is 5.80. The summed E-state index contributed by atoms with van der Waals surface area (Å²) in [5.74, 6) is 0.466. The number of hydrogen-bond acceptors (Lipinski definition) is 4. The van der Waals surface area contributed by atoms with Crippen molar-refractivity contribution >= 4 is 24.8 Å². The summed E-state index contributed by atoms with van der Waals surface area (Å²) < 4.78 is 13.9. The van der Waals surface area contributed by atoms with Crippen molar-refractivity contribution in [3.63, 3.8) is 0 Å². The number of hydrogen-bond donors (Lipinski definition) is 1. The van der Waals surface area contributed by atoms with Crippen LogP contribution in [0.15, 0.2) is 24.3 Å². The topological polar surface area (TPSA) is 50.7 Å². The maximum absolute atomic E-state index is 13.9. The predicted molar refractivity (Wildman–Crippen MR) is 121 cm³/mol. The molecule has 1 N–H and O–H groups in total. The molecule has 0 fully saturated rings. The first kappa shape index (κ1) is 19.5. The zero-order valence-corrected chi connectivity index (χ0v) is 18.8. The van der Waals surface area contributed by atoms with Gasteiger partial charge in [0.25, 0.3) is 0 Å². The summed E-state index contributed by atoms with van der Waals surface area (Å²) in [4.78, 5) is 12.1. The van der Waals surface area contributed by atoms with E-state index in [2.05, 4.69) is 80.0 Å². The monoisotopic (exact) mass is 402 g/mol. The Hall–Kier alpha value is -2.50. The minimum Gasteiger partial charge on any atom is -0.375 e. The van der Waals surface area contributed by atoms with Gasteiger partial charge in [-0.2, -0.15) is 14.4 Å². The summed E-state index contributed by atoms with van der Waals surface area (Å²) in [6.07, 6.45) is 4.55. The standard InChI is InChI=1S/C24H28BFN4/c1-12-13(19-27-20(25)29-21(26)28-19)7-8-18-14-9-16-17(10-15(14)24(12,6)30-18)23(4,5)11-22(16,2)3/h7-10,12,30H,11,25H2,1-6H3. The van der Waals surface area contributed by atoms with E-state index >= 15 is 0 Å². The van der Waals surface area contributed by atoms with Crippen molar-refractivity contribution in [2.75, 3.05) is 0 Å². The number of halogens is 1. The lowest BCUT2D eigenvalue weighted by Gasteiger charge is -2.34. The van der Waals surface area contributed by atoms with Crippen LogP contribution in [-0.4, -0.2) is 22.8 Å². The fourth-order valence-corrected chi connectivity index (χ4v) is 6.03. The summed E-state index contributed by atoms with van der Waals surface area (Å²) in [5.41, 5.74) is 7.91. The normalized spacial score (nSPS) is 27.5. The molecule has 0 spiro atoms. The fourth-order valence-electron chi connectivity index (χ4n) is 6.03. The second-order valence-electron chi connectivity index (χ2n) is 10.6. The zero-order valence-electron chi connectivity index (χ0n) is 18.8. The Labute approximate surface area is 178 Å². The first-order valence-electron chi connectivity index (χ1n) is 10.7. The van der Waals surface area contributed by atoms with Crippen LogP contribution in [0.1, 0.15) is 76.0 Å². The number of nitrogens with zero attached hydrogens (tertiary/aromatic N) is 3. The van der Waals surface area contributed by atoms with Crippen LogP contribution in [0.3, 0.4) is 0 Å². The average Bonchev–Trinajstić information content (AvgIpc) is 2.95. The number of fused-ring (bicyclic) bond motifs is 6. The highest BCUT2D eigenvalue weighted by molar-refractivity contribution is 6.28. The Kier molecular flexibility index (Phi) is 3.77. The minimum absolute atomic E-state index is 0.0456. The van der Waals surface area contributed by atoms with Crippen molar-refractivity contribution in [3.8, 4) is 0 Å². The van der Waals surface area contributed by atoms with E-state index in [1.807, 2.05) is 6.08 Å². The van der Waals surface area contributed by atoms with Crippen LogP contribution < -0.4 is 11.0 Å². The molecule has 30 heavy (non-hydrogen) atoms. The van der Waals surface area contributed by atoms with Crippen molar-refractivity contribution in [2.45, 2.75) is 64.3 Å². The Morgan fingerprint density at radius 1 is 0.967 bits per heavy atom. The first-order valence-corrected chi connectivity index (χ1v) is 10.7. The summed E-state index contributed by atoms with van der Waals surface area (Å²) in [7, 11) is 1.70. The maximum Gasteiger partial charge on any atom is 0.311 e. The minimum atomic E-state index is -0.729. The zero-order chi connectivity index (χ0) is 21.6. The number of aromatic nitrogens is 3. The van der Waals surface area contributed by atoms with Gasteiger partial charge in [-0.05, 0) is 53.0 Å². The third-order valence-corrected chi connectivity index (χ3v) is 7.48. The molecule has 2 unspecified atom stereocenters. The molecule has 2 aliphatic heterocycles. The Morgan fingerprint density at radius 3 is 2.30 bits per heavy atom. The summed E-state index contributed by atoms with van der Waals surface area (Å²) in [6, 6.07) is 4.83. The Morgan fingerprint density at radius 2 is 1.63 bits per heavy atom. The Balaban J connectivity index is 1.71. The third kappa shape index (κ3) is 2.55. The molecule has 0 saturated carbocycles. The van der Waals surface area contributed by atoms with Crippen LogP contribution in [0, 0.1) is 12.0 Å². The molecule has 3 aliphatic rings. The number of rotatable bonds is 1. The van der Waals surface area contributed by atoms with Crippen molar-refractivity contribution in [2.24, 2.45) is 5.92 Å². The van der Waals surface area contributed by atoms with Crippen molar-refractivity contribution < 1.29 is 4.39 Å². The molecule has 4 nitrogen and oxygen atoms in total. The Bertz CT molecular complexity index is 1140. The van der Waals surface area contributed by atoms with Gasteiger partial charge in [-0.15, -0.1) is 0 Å². The average molecular weight is 402 g/mol. The molecule has 3 heterocycles. The summed E-state index contributed by atoms with van der Waals surface area (Å²) >= 11 is 0. The molecule has 1 aromatic heterocycles. The van der Waals surface area contributed by atoms with Crippen LogP contribution in [0.5, 0.6) is 0 Å². The highest BCUT2D eigenvalue weighted by Gasteiger charge is 2.48. The van der Waals surface area contributed by atoms with Gasteiger partial charge in [0, 0.05) is 22.8 Å². The first-order chi connectivity index (χ1) is 13.9. The lowest BCUT2D eigenvalue weighted by Crippen LogP contribution is -2.40. The number of benzene rings is 1. The lowest BCUT2D eigenvalue weighted by atomic mass is 9.74. The van der Waals surface area contributed by atoms with E-state index in [1.165, 1.54) is 22.3 Å². The molecule has 154 valence electrons. The molecule has 0 saturated heterocycles. The van der Waals surface area contributed by atoms with E-state index in [-0.39, 0.29) is 22.3 Å². The highest BCUT2D eigenvalue weighted by Crippen LogP contribution is 2.55. The van der Waals surface area contributed by atoms with Crippen LogP contribution in [0.2, 0.25) is 0 Å². The number of allylic oxidation sites excluding steroid dienone is 2. The fraction of sp³-hybridized carbons (Fsp3) is 0.458. The molecule has 2 bridgehead atoms. The highest BCUT2D eigenvalue weighted by atomic mass is 19.1. The molecule has 2 aromatic rings. The van der Waals surface area contributed by atoms with Gasteiger partial charge in [-0.3, -0.25) is 0 Å². The van der Waals surface area contributed by atoms with Gasteiger partial charge in [-0.25, -0.2) is 4.98 Å². The van der Waals surface area contributed by atoms with E-state index in [9.17, 15) is 4.39 Å². The molecular weight excluding hydrogens is 374 g/mol. The van der Waals surface area contributed by atoms with Gasteiger partial charge < -0.3 is 5.32 Å². The molecule has 5 rings (SSSR count). The molecule has 0 amide bonds. The summed E-state index contributed by atoms with van der Waals surface area (Å²) in [6.45, 7) is 13.8. The van der Waals surface area contributed by atoms with Gasteiger partial charge in [-0.1, -0.05) is 46.8 Å². The molecule has 1 aliphatic carbocycles. The van der Waals surface area contributed by atoms with E-state index in [1.54, 1.807) is 7.85 Å². The molecule has 2 atom stereocenters. The lowest BCUT2D eigenvalue weighted by molar-refractivity contribution is 0.357. The number of nitrogens with one attached hydrogen (secondary N) is 1. The molecule has 0 radical (unpaired) electrons. The third-order valence-electron chi connectivity index (χ3n) is 7.48. The van der Waals surface area contributed by atoms with E-state index in [0.717, 1.165) is 17.7 Å². The largest absolute Gasteiger partial charge is 0.375 e. The van der Waals surface area contributed by atoms with Crippen molar-refractivity contribution in [1.29, 1.82) is 0 Å². The van der Waals surface area contributed by atoms with Gasteiger partial charge in [0.1, 0.15) is 0 Å². The van der Waals surface area contributed by atoms with Crippen molar-refractivity contribution in [1.82, 2.24) is 20.3 Å². The van der Waals surface area contributed by atoms with Crippen molar-refractivity contribution in [3.05, 3.63) is 58.4 Å². The molecule has 6 heteroatoms. The van der Waals surface area contributed by atoms with Crippen LogP contribution in [0.4, 0.5) is 4.39 Å². The summed E-state index contributed by atoms with van der Waals surface area (Å²) in [5, 5.41) is 3.77. The predicted octanol–water partition coefficient (Wildman–Crippen LogP) is 3.12. The van der Waals surface area contributed by atoms with E-state index in [0.29, 0.717) is 11.5 Å². The van der Waals surface area contributed by atoms with E-state index < -0.39 is 6.08 Å². The van der Waals surface area contributed by atoms with Gasteiger partial charge in [0.2, 0.25) is 0 Å². The van der Waals surface area contributed by atoms with E-state index in [4.69, 9.17) is 0 Å².